The molecule has 0 fully saturated rings. The minimum atomic E-state index is -1.79. The van der Waals surface area contributed by atoms with Gasteiger partial charge in [-0.3, -0.25) is 0 Å². The van der Waals surface area contributed by atoms with Crippen LogP contribution < -0.4 is 20.4 Å². The average molecular weight is 1930 g/mol. The Hall–Kier alpha value is -2.93. The monoisotopic (exact) mass is 1930 g/mol. The summed E-state index contributed by atoms with van der Waals surface area (Å²) in [6.07, 6.45) is 50.6. The molecule has 0 aromatic heterocycles. The summed E-state index contributed by atoms with van der Waals surface area (Å²) in [6.45, 7) is 71.3. The van der Waals surface area contributed by atoms with Crippen LogP contribution in [0.25, 0.3) is 0 Å². The molecule has 0 aliphatic carbocycles. The van der Waals surface area contributed by atoms with Crippen LogP contribution in [0.4, 0.5) is 0 Å². The van der Waals surface area contributed by atoms with Gasteiger partial charge in [0, 0.05) is 0 Å². The summed E-state index contributed by atoms with van der Waals surface area (Å²) in [6, 6.07) is 0. The molecule has 0 saturated heterocycles. The molecule has 12 atom stereocenters. The Bertz CT molecular complexity index is 2190. The van der Waals surface area contributed by atoms with Crippen LogP contribution in [0.2, 0.25) is 0 Å². The number of unbranched alkanes of at least 4 members (excludes halogenated alkanes) is 12. The fourth-order valence-corrected chi connectivity index (χ4v) is 15.6. The van der Waals surface area contributed by atoms with Gasteiger partial charge in [0.15, 0.2) is 0 Å². The third-order valence-electron chi connectivity index (χ3n) is 27.1. The van der Waals surface area contributed by atoms with Gasteiger partial charge in [0.25, 0.3) is 0 Å². The van der Waals surface area contributed by atoms with Crippen molar-refractivity contribution < 1.29 is 118 Å². The van der Waals surface area contributed by atoms with Crippen molar-refractivity contribution in [1.29, 1.82) is 0 Å². The Morgan fingerprint density at radius 1 is 0.180 bits per heavy atom. The molecule has 133 heavy (non-hydrogen) atoms. The minimum absolute atomic E-state index is 0. The van der Waals surface area contributed by atoms with Crippen molar-refractivity contribution in [2.75, 3.05) is 79.3 Å². The van der Waals surface area contributed by atoms with E-state index in [9.17, 15) is 39.6 Å². The Kier molecular flexibility index (Phi) is 94.1. The number of hydrogen-bond donors (Lipinski definition) is 0. The second-order valence-electron chi connectivity index (χ2n) is 38.0. The summed E-state index contributed by atoms with van der Waals surface area (Å²) in [5.41, 5.74) is -1.10. The molecular weight excluding hydrogens is 1710 g/mol. The first kappa shape index (κ1) is 139. The molecule has 0 amide bonds. The molecule has 0 rings (SSSR count). The van der Waals surface area contributed by atoms with Crippen LogP contribution in [0.3, 0.4) is 0 Å². The summed E-state index contributed by atoms with van der Waals surface area (Å²) in [4.78, 5) is 47.8. The molecule has 0 aliphatic heterocycles. The standard InChI is InChI=1S/4C28H54O5.Ti/c4*1-8-14-17-24(11-4)20-31-28(23(7)27(29)30,32-21-25(12-5)18-15-9-2)33-22-26(13-6)19-16-10-3;/h4*24-26H,7-22H2,1-6H3,(H,29,30);/q;;;;+4/p-4. The number of carbonyl (C=O) groups is 4. The molecule has 0 radical (unpaired) electrons. The van der Waals surface area contributed by atoms with Crippen LogP contribution >= 0.6 is 0 Å². The van der Waals surface area contributed by atoms with Gasteiger partial charge in [0.05, 0.1) is 125 Å². The smallest absolute Gasteiger partial charge is 0.545 e. The molecule has 0 N–H and O–H groups in total. The molecule has 0 heterocycles. The van der Waals surface area contributed by atoms with E-state index in [-0.39, 0.29) is 44.0 Å². The first-order valence-corrected chi connectivity index (χ1v) is 54.6. The van der Waals surface area contributed by atoms with E-state index in [4.69, 9.17) is 56.8 Å². The van der Waals surface area contributed by atoms with Crippen LogP contribution in [0.15, 0.2) is 48.6 Å². The van der Waals surface area contributed by atoms with Gasteiger partial charge in [-0.05, 0) is 148 Å². The summed E-state index contributed by atoms with van der Waals surface area (Å²) in [5.74, 6) is -8.95. The van der Waals surface area contributed by atoms with Crippen LogP contribution in [-0.4, -0.2) is 127 Å². The van der Waals surface area contributed by atoms with Crippen molar-refractivity contribution in [2.24, 2.45) is 71.0 Å². The van der Waals surface area contributed by atoms with Gasteiger partial charge in [-0.1, -0.05) is 424 Å². The molecule has 21 heteroatoms. The topological polar surface area (TPSA) is 271 Å². The van der Waals surface area contributed by atoms with Crippen molar-refractivity contribution in [3.8, 4) is 0 Å². The van der Waals surface area contributed by atoms with Crippen molar-refractivity contribution in [3.63, 3.8) is 0 Å². The Morgan fingerprint density at radius 3 is 0.308 bits per heavy atom. The van der Waals surface area contributed by atoms with E-state index >= 15 is 0 Å². The first-order valence-electron chi connectivity index (χ1n) is 54.6. The van der Waals surface area contributed by atoms with Crippen molar-refractivity contribution in [2.45, 2.75) is 498 Å². The SMILES string of the molecule is C=C(C(=O)[O-])C(OCC(CC)CCCC)(OCC(CC)CCCC)OCC(CC)CCCC.C=C(C(=O)[O-])C(OCC(CC)CCCC)(OCC(CC)CCCC)OCC(CC)CCCC.C=C(C(=O)[O-])C(OCC(CC)CCCC)(OCC(CC)CCCC)OCC(CC)CCCC.C=C(C(=O)[O-])C(OCC(CC)CCCC)(OCC(CC)CCCC)OCC(CC)CCCC.[Ti+4]. The third kappa shape index (κ3) is 63.6. The van der Waals surface area contributed by atoms with Gasteiger partial charge in [0.2, 0.25) is 0 Å². The van der Waals surface area contributed by atoms with E-state index < -0.39 is 47.8 Å². The second kappa shape index (κ2) is 90.4. The summed E-state index contributed by atoms with van der Waals surface area (Å²) in [7, 11) is 0. The average Bonchev–Trinajstić information content (AvgIpc) is 0.833. The Labute approximate surface area is 834 Å². The molecule has 0 aliphatic rings. The van der Waals surface area contributed by atoms with E-state index in [0.29, 0.717) is 150 Å². The van der Waals surface area contributed by atoms with Gasteiger partial charge >= 0.3 is 45.6 Å². The van der Waals surface area contributed by atoms with Gasteiger partial charge in [-0.25, -0.2) is 0 Å². The van der Waals surface area contributed by atoms with E-state index in [1.54, 1.807) is 0 Å². The zero-order valence-corrected chi connectivity index (χ0v) is 92.4. The maximum Gasteiger partial charge on any atom is 4.00 e. The zero-order valence-electron chi connectivity index (χ0n) is 90.8. The summed E-state index contributed by atoms with van der Waals surface area (Å²) in [5, 5.41) is 47.8. The van der Waals surface area contributed by atoms with Gasteiger partial charge in [-0.2, -0.15) is 0 Å². The van der Waals surface area contributed by atoms with E-state index in [1.165, 1.54) is 0 Å². The molecule has 0 bridgehead atoms. The van der Waals surface area contributed by atoms with Gasteiger partial charge in [-0.15, -0.1) is 0 Å². The fraction of sp³-hybridized carbons (Fsp3) is 0.893. The minimum Gasteiger partial charge on any atom is -0.545 e. The largest absolute Gasteiger partial charge is 4.00 e. The number of rotatable bonds is 92. The first-order chi connectivity index (χ1) is 63.3. The number of ether oxygens (including phenoxy) is 12. The number of carboxylic acid groups (broad SMARTS) is 4. The summed E-state index contributed by atoms with van der Waals surface area (Å²) >= 11 is 0. The number of carbonyl (C=O) groups excluding carboxylic acids is 4. The van der Waals surface area contributed by atoms with Crippen molar-refractivity contribution >= 4 is 23.9 Å². The number of aliphatic carboxylic acids is 4. The predicted octanol–water partition coefficient (Wildman–Crippen LogP) is 26.6. The van der Waals surface area contributed by atoms with E-state index in [2.05, 4.69) is 192 Å². The fourth-order valence-electron chi connectivity index (χ4n) is 15.6. The second-order valence-corrected chi connectivity index (χ2v) is 38.0. The van der Waals surface area contributed by atoms with Crippen molar-refractivity contribution in [3.05, 3.63) is 48.6 Å². The third-order valence-corrected chi connectivity index (χ3v) is 27.1. The zero-order chi connectivity index (χ0) is 100. The predicted molar refractivity (Wildman–Crippen MR) is 539 cm³/mol. The molecule has 20 nitrogen and oxygen atoms in total. The Balaban J connectivity index is -0.000000546. The normalized spacial score (nSPS) is 16.1. The van der Waals surface area contributed by atoms with E-state index in [1.807, 2.05) is 0 Å². The van der Waals surface area contributed by atoms with Crippen LogP contribution in [0.1, 0.15) is 474 Å². The molecule has 784 valence electrons. The van der Waals surface area contributed by atoms with Crippen molar-refractivity contribution in [1.82, 2.24) is 0 Å². The number of carboxylic acids is 4. The maximum absolute atomic E-state index is 12.0. The molecule has 0 aromatic carbocycles. The molecule has 0 spiro atoms. The van der Waals surface area contributed by atoms with E-state index in [0.717, 1.165) is 308 Å². The Morgan fingerprint density at radius 2 is 0.256 bits per heavy atom. The van der Waals surface area contributed by atoms with Crippen LogP contribution in [0, 0.1) is 71.0 Å². The molecular formula is C112H212O20Ti. The molecule has 0 aromatic rings. The maximum atomic E-state index is 12.0. The van der Waals surface area contributed by atoms with Gasteiger partial charge in [0.1, 0.15) is 0 Å². The molecule has 12 unspecified atom stereocenters. The van der Waals surface area contributed by atoms with Crippen LogP contribution in [-0.2, 0) is 97.7 Å². The van der Waals surface area contributed by atoms with Crippen LogP contribution in [0.5, 0.6) is 0 Å². The molecule has 0 saturated carbocycles. The number of hydrogen-bond acceptors (Lipinski definition) is 20. The quantitative estimate of drug-likeness (QED) is 0.0311. The van der Waals surface area contributed by atoms with Gasteiger partial charge < -0.3 is 96.4 Å². The summed E-state index contributed by atoms with van der Waals surface area (Å²) < 4.78 is 74.8.